The van der Waals surface area contributed by atoms with Gasteiger partial charge in [-0.3, -0.25) is 0 Å². The lowest BCUT2D eigenvalue weighted by molar-refractivity contribution is 0.311. The summed E-state index contributed by atoms with van der Waals surface area (Å²) in [5.41, 5.74) is 2.01. The molecule has 0 aromatic carbocycles. The van der Waals surface area contributed by atoms with E-state index in [1.54, 1.807) is 6.08 Å². The molecule has 0 amide bonds. The van der Waals surface area contributed by atoms with Gasteiger partial charge in [0.2, 0.25) is 5.95 Å². The maximum atomic E-state index is 4.68. The summed E-state index contributed by atoms with van der Waals surface area (Å²) in [6.07, 6.45) is 1.80. The number of nitrogens with zero attached hydrogens (tertiary/aromatic N) is 4. The van der Waals surface area contributed by atoms with Crippen molar-refractivity contribution in [1.82, 2.24) is 14.9 Å². The smallest absolute Gasteiger partial charge is 0.226 e. The molecule has 1 aliphatic heterocycles. The Kier molecular flexibility index (Phi) is 3.97. The number of likely N-dealkylation sites (N-methyl/N-ethyl adjacent to an activating group) is 1. The summed E-state index contributed by atoms with van der Waals surface area (Å²) in [6, 6.07) is 2.03. The summed E-state index contributed by atoms with van der Waals surface area (Å²) < 4.78 is 0. The second-order valence-electron chi connectivity index (χ2n) is 5.17. The summed E-state index contributed by atoms with van der Waals surface area (Å²) in [5.74, 6) is 1.27. The van der Waals surface area contributed by atoms with E-state index in [9.17, 15) is 0 Å². The molecule has 2 heterocycles. The van der Waals surface area contributed by atoms with E-state index in [1.807, 2.05) is 6.07 Å². The first kappa shape index (κ1) is 13.0. The van der Waals surface area contributed by atoms with Gasteiger partial charge in [-0.05, 0) is 25.1 Å². The minimum absolute atomic E-state index is 0.415. The molecule has 18 heavy (non-hydrogen) atoms. The van der Waals surface area contributed by atoms with Gasteiger partial charge in [0, 0.05) is 31.9 Å². The van der Waals surface area contributed by atoms with Crippen molar-refractivity contribution >= 4 is 12.0 Å². The molecule has 1 saturated heterocycles. The Labute approximate surface area is 109 Å². The summed E-state index contributed by atoms with van der Waals surface area (Å²) in [4.78, 5) is 13.8. The molecule has 4 heteroatoms. The fourth-order valence-electron chi connectivity index (χ4n) is 2.02. The summed E-state index contributed by atoms with van der Waals surface area (Å²) in [7, 11) is 2.15. The molecule has 98 valence electrons. The van der Waals surface area contributed by atoms with Gasteiger partial charge in [-0.2, -0.15) is 0 Å². The first-order chi connectivity index (χ1) is 8.60. The molecule has 4 nitrogen and oxygen atoms in total. The van der Waals surface area contributed by atoms with Crippen LogP contribution in [0.5, 0.6) is 0 Å². The highest BCUT2D eigenvalue weighted by molar-refractivity contribution is 5.46. The number of piperazine rings is 1. The second kappa shape index (κ2) is 5.48. The van der Waals surface area contributed by atoms with E-state index in [4.69, 9.17) is 0 Å². The van der Waals surface area contributed by atoms with Crippen molar-refractivity contribution in [3.05, 3.63) is 24.0 Å². The van der Waals surface area contributed by atoms with E-state index in [2.05, 4.69) is 47.2 Å². The lowest BCUT2D eigenvalue weighted by atomic mass is 10.1. The van der Waals surface area contributed by atoms with Crippen LogP contribution in [0, 0.1) is 0 Å². The third-order valence-corrected chi connectivity index (χ3v) is 3.34. The fourth-order valence-corrected chi connectivity index (χ4v) is 2.02. The minimum Gasteiger partial charge on any atom is -0.338 e. The van der Waals surface area contributed by atoms with Gasteiger partial charge in [0.05, 0.1) is 5.69 Å². The molecule has 0 atom stereocenters. The van der Waals surface area contributed by atoms with Gasteiger partial charge in [0.25, 0.3) is 0 Å². The van der Waals surface area contributed by atoms with Crippen molar-refractivity contribution in [3.63, 3.8) is 0 Å². The van der Waals surface area contributed by atoms with Crippen molar-refractivity contribution < 1.29 is 0 Å². The van der Waals surface area contributed by atoms with Gasteiger partial charge in [-0.1, -0.05) is 20.4 Å². The number of hydrogen-bond donors (Lipinski definition) is 0. The van der Waals surface area contributed by atoms with Crippen LogP contribution in [0.2, 0.25) is 0 Å². The third kappa shape index (κ3) is 2.88. The van der Waals surface area contributed by atoms with Crippen molar-refractivity contribution in [1.29, 1.82) is 0 Å². The van der Waals surface area contributed by atoms with E-state index >= 15 is 0 Å². The zero-order valence-electron chi connectivity index (χ0n) is 11.6. The SMILES string of the molecule is C=Cc1cc(C(C)C)nc(N2CCN(C)CC2)n1. The topological polar surface area (TPSA) is 32.3 Å². The van der Waals surface area contributed by atoms with Crippen LogP contribution in [-0.4, -0.2) is 48.1 Å². The molecule has 1 aromatic rings. The van der Waals surface area contributed by atoms with Crippen molar-refractivity contribution in [3.8, 4) is 0 Å². The highest BCUT2D eigenvalue weighted by Gasteiger charge is 2.17. The van der Waals surface area contributed by atoms with Crippen LogP contribution in [0.1, 0.15) is 31.2 Å². The standard InChI is InChI=1S/C14H22N4/c1-5-12-10-13(11(2)3)16-14(15-12)18-8-6-17(4)7-9-18/h5,10-11H,1,6-9H2,2-4H3. The molecular weight excluding hydrogens is 224 g/mol. The number of aromatic nitrogens is 2. The van der Waals surface area contributed by atoms with E-state index in [0.29, 0.717) is 5.92 Å². The fraction of sp³-hybridized carbons (Fsp3) is 0.571. The molecule has 0 radical (unpaired) electrons. The monoisotopic (exact) mass is 246 g/mol. The molecule has 0 aliphatic carbocycles. The third-order valence-electron chi connectivity index (χ3n) is 3.34. The Hall–Kier alpha value is -1.42. The normalized spacial score (nSPS) is 17.2. The quantitative estimate of drug-likeness (QED) is 0.816. The molecule has 0 spiro atoms. The van der Waals surface area contributed by atoms with Gasteiger partial charge >= 0.3 is 0 Å². The number of hydrogen-bond acceptors (Lipinski definition) is 4. The van der Waals surface area contributed by atoms with Crippen LogP contribution in [0.4, 0.5) is 5.95 Å². The first-order valence-corrected chi connectivity index (χ1v) is 6.55. The largest absolute Gasteiger partial charge is 0.338 e. The zero-order valence-corrected chi connectivity index (χ0v) is 11.6. The molecule has 1 aliphatic rings. The molecule has 1 fully saturated rings. The van der Waals surface area contributed by atoms with Crippen LogP contribution < -0.4 is 4.90 Å². The van der Waals surface area contributed by atoms with E-state index in [0.717, 1.165) is 43.5 Å². The average Bonchev–Trinajstić information content (AvgIpc) is 2.39. The van der Waals surface area contributed by atoms with Gasteiger partial charge in [-0.15, -0.1) is 0 Å². The van der Waals surface area contributed by atoms with Gasteiger partial charge in [0.15, 0.2) is 0 Å². The van der Waals surface area contributed by atoms with Crippen LogP contribution in [-0.2, 0) is 0 Å². The number of anilines is 1. The summed E-state index contributed by atoms with van der Waals surface area (Å²) in [6.45, 7) is 12.2. The zero-order chi connectivity index (χ0) is 13.1. The van der Waals surface area contributed by atoms with Gasteiger partial charge in [0.1, 0.15) is 0 Å². The van der Waals surface area contributed by atoms with Crippen molar-refractivity contribution in [2.75, 3.05) is 38.1 Å². The molecule has 0 saturated carbocycles. The average molecular weight is 246 g/mol. The van der Waals surface area contributed by atoms with E-state index in [-0.39, 0.29) is 0 Å². The Morgan fingerprint density at radius 1 is 1.22 bits per heavy atom. The van der Waals surface area contributed by atoms with Crippen LogP contribution >= 0.6 is 0 Å². The molecular formula is C14H22N4. The minimum atomic E-state index is 0.415. The Morgan fingerprint density at radius 2 is 1.89 bits per heavy atom. The van der Waals surface area contributed by atoms with Crippen LogP contribution in [0.15, 0.2) is 12.6 Å². The molecule has 1 aromatic heterocycles. The molecule has 0 N–H and O–H groups in total. The van der Waals surface area contributed by atoms with E-state index in [1.165, 1.54) is 0 Å². The Balaban J connectivity index is 2.26. The molecule has 2 rings (SSSR count). The maximum absolute atomic E-state index is 4.68. The second-order valence-corrected chi connectivity index (χ2v) is 5.17. The predicted octanol–water partition coefficient (Wildman–Crippen LogP) is 1.99. The Bertz CT molecular complexity index is 420. The predicted molar refractivity (Wildman–Crippen MR) is 75.9 cm³/mol. The van der Waals surface area contributed by atoms with Gasteiger partial charge < -0.3 is 9.80 Å². The summed E-state index contributed by atoms with van der Waals surface area (Å²) >= 11 is 0. The van der Waals surface area contributed by atoms with Gasteiger partial charge in [-0.25, -0.2) is 9.97 Å². The lowest BCUT2D eigenvalue weighted by Gasteiger charge is -2.32. The van der Waals surface area contributed by atoms with Crippen LogP contribution in [0.25, 0.3) is 6.08 Å². The molecule has 0 unspecified atom stereocenters. The van der Waals surface area contributed by atoms with Crippen molar-refractivity contribution in [2.24, 2.45) is 0 Å². The highest BCUT2D eigenvalue weighted by Crippen LogP contribution is 2.18. The van der Waals surface area contributed by atoms with E-state index < -0.39 is 0 Å². The summed E-state index contributed by atoms with van der Waals surface area (Å²) in [5, 5.41) is 0. The Morgan fingerprint density at radius 3 is 2.44 bits per heavy atom. The first-order valence-electron chi connectivity index (χ1n) is 6.55. The molecule has 0 bridgehead atoms. The maximum Gasteiger partial charge on any atom is 0.226 e. The lowest BCUT2D eigenvalue weighted by Crippen LogP contribution is -2.45. The number of rotatable bonds is 3. The highest BCUT2D eigenvalue weighted by atomic mass is 15.3. The van der Waals surface area contributed by atoms with Crippen molar-refractivity contribution in [2.45, 2.75) is 19.8 Å². The van der Waals surface area contributed by atoms with Crippen LogP contribution in [0.3, 0.4) is 0 Å².